The Morgan fingerprint density at radius 1 is 1.00 bits per heavy atom. The molecule has 14 heavy (non-hydrogen) atoms. The number of halogens is 4. The monoisotopic (exact) mass is 205 g/mol. The minimum absolute atomic E-state index is 0.0574. The maximum Gasteiger partial charge on any atom is 0.195 e. The SMILES string of the molecule is CCCCc1c(F)[c]c(F)c(F)c1F. The smallest absolute Gasteiger partial charge is 0.195 e. The zero-order valence-corrected chi connectivity index (χ0v) is 7.63. The first-order valence-electron chi connectivity index (χ1n) is 4.32. The van der Waals surface area contributed by atoms with Gasteiger partial charge in [0, 0.05) is 5.56 Å². The molecule has 1 radical (unpaired) electrons. The van der Waals surface area contributed by atoms with E-state index in [1.54, 1.807) is 0 Å². The largest absolute Gasteiger partial charge is 0.206 e. The van der Waals surface area contributed by atoms with E-state index in [9.17, 15) is 17.6 Å². The molecule has 0 fully saturated rings. The van der Waals surface area contributed by atoms with Crippen molar-refractivity contribution in [2.75, 3.05) is 0 Å². The number of hydrogen-bond acceptors (Lipinski definition) is 0. The standard InChI is InChI=1S/C10H9F4/c1-2-3-4-6-7(11)5-8(12)10(14)9(6)13/h2-4H2,1H3. The van der Waals surface area contributed by atoms with Crippen molar-refractivity contribution in [2.45, 2.75) is 26.2 Å². The van der Waals surface area contributed by atoms with Crippen molar-refractivity contribution in [2.24, 2.45) is 0 Å². The van der Waals surface area contributed by atoms with E-state index in [-0.39, 0.29) is 6.42 Å². The molecule has 0 amide bonds. The number of unbranched alkanes of at least 4 members (excludes halogenated alkanes) is 1. The number of benzene rings is 1. The minimum Gasteiger partial charge on any atom is -0.206 e. The average Bonchev–Trinajstić information content (AvgIpc) is 2.14. The third-order valence-electron chi connectivity index (χ3n) is 1.92. The molecule has 0 spiro atoms. The molecule has 0 atom stereocenters. The van der Waals surface area contributed by atoms with Gasteiger partial charge in [0.2, 0.25) is 0 Å². The Hall–Kier alpha value is -1.06. The molecular formula is C10H9F4. The van der Waals surface area contributed by atoms with Crippen molar-refractivity contribution in [3.63, 3.8) is 0 Å². The van der Waals surface area contributed by atoms with Gasteiger partial charge in [-0.2, -0.15) is 0 Å². The first-order valence-corrected chi connectivity index (χ1v) is 4.32. The highest BCUT2D eigenvalue weighted by atomic mass is 19.2. The second-order valence-electron chi connectivity index (χ2n) is 2.96. The molecule has 0 bridgehead atoms. The molecule has 4 heteroatoms. The molecule has 0 aliphatic heterocycles. The summed E-state index contributed by atoms with van der Waals surface area (Å²) in [6.45, 7) is 1.83. The molecule has 1 aromatic rings. The van der Waals surface area contributed by atoms with Crippen LogP contribution in [0.1, 0.15) is 25.3 Å². The van der Waals surface area contributed by atoms with E-state index in [4.69, 9.17) is 0 Å². The van der Waals surface area contributed by atoms with Gasteiger partial charge in [-0.3, -0.25) is 0 Å². The third-order valence-corrected chi connectivity index (χ3v) is 1.92. The Balaban J connectivity index is 3.09. The predicted octanol–water partition coefficient (Wildman–Crippen LogP) is 3.39. The third kappa shape index (κ3) is 2.05. The lowest BCUT2D eigenvalue weighted by atomic mass is 10.1. The molecule has 0 aliphatic carbocycles. The first kappa shape index (κ1) is 11.0. The summed E-state index contributed by atoms with van der Waals surface area (Å²) in [4.78, 5) is 0. The van der Waals surface area contributed by atoms with Gasteiger partial charge in [-0.1, -0.05) is 13.3 Å². The number of rotatable bonds is 3. The summed E-state index contributed by atoms with van der Waals surface area (Å²) in [5.74, 6) is -5.85. The van der Waals surface area contributed by atoms with Gasteiger partial charge in [0.25, 0.3) is 0 Å². The fourth-order valence-electron chi connectivity index (χ4n) is 1.12. The second-order valence-corrected chi connectivity index (χ2v) is 2.96. The molecule has 0 unspecified atom stereocenters. The molecule has 0 aromatic heterocycles. The lowest BCUT2D eigenvalue weighted by molar-refractivity contribution is 0.421. The average molecular weight is 205 g/mol. The van der Waals surface area contributed by atoms with Crippen LogP contribution in [0.2, 0.25) is 0 Å². The van der Waals surface area contributed by atoms with Gasteiger partial charge in [-0.15, -0.1) is 0 Å². The Morgan fingerprint density at radius 2 is 1.64 bits per heavy atom. The molecule has 0 heterocycles. The minimum atomic E-state index is -1.66. The number of hydrogen-bond donors (Lipinski definition) is 0. The Morgan fingerprint density at radius 3 is 2.21 bits per heavy atom. The zero-order chi connectivity index (χ0) is 10.7. The molecule has 77 valence electrons. The van der Waals surface area contributed by atoms with Crippen LogP contribution in [0.5, 0.6) is 0 Å². The van der Waals surface area contributed by atoms with E-state index < -0.39 is 28.8 Å². The highest BCUT2D eigenvalue weighted by Gasteiger charge is 2.18. The molecule has 0 nitrogen and oxygen atoms in total. The topological polar surface area (TPSA) is 0 Å². The summed E-state index contributed by atoms with van der Waals surface area (Å²) >= 11 is 0. The van der Waals surface area contributed by atoms with E-state index in [0.29, 0.717) is 6.42 Å². The normalized spacial score (nSPS) is 10.6. The van der Waals surface area contributed by atoms with Gasteiger partial charge >= 0.3 is 0 Å². The molecule has 1 aromatic carbocycles. The van der Waals surface area contributed by atoms with Crippen LogP contribution in [0.15, 0.2) is 0 Å². The molecule has 0 aliphatic rings. The van der Waals surface area contributed by atoms with Crippen LogP contribution in [0, 0.1) is 29.3 Å². The van der Waals surface area contributed by atoms with Crippen molar-refractivity contribution in [3.8, 4) is 0 Å². The highest BCUT2D eigenvalue weighted by Crippen LogP contribution is 2.20. The van der Waals surface area contributed by atoms with Gasteiger partial charge in [-0.25, -0.2) is 17.6 Å². The van der Waals surface area contributed by atoms with Crippen molar-refractivity contribution in [1.82, 2.24) is 0 Å². The lowest BCUT2D eigenvalue weighted by Crippen LogP contribution is -2.02. The van der Waals surface area contributed by atoms with E-state index in [0.717, 1.165) is 6.42 Å². The van der Waals surface area contributed by atoms with Crippen molar-refractivity contribution in [3.05, 3.63) is 34.9 Å². The Bertz CT molecular complexity index is 333. The lowest BCUT2D eigenvalue weighted by Gasteiger charge is -2.04. The summed E-state index contributed by atoms with van der Waals surface area (Å²) in [6, 6.07) is 1.51. The van der Waals surface area contributed by atoms with Crippen LogP contribution >= 0.6 is 0 Å². The van der Waals surface area contributed by atoms with Crippen LogP contribution in [-0.4, -0.2) is 0 Å². The van der Waals surface area contributed by atoms with Gasteiger partial charge in [-0.05, 0) is 12.8 Å². The Labute approximate surface area is 79.6 Å². The van der Waals surface area contributed by atoms with Gasteiger partial charge in [0.1, 0.15) is 5.82 Å². The van der Waals surface area contributed by atoms with E-state index in [2.05, 4.69) is 0 Å². The van der Waals surface area contributed by atoms with Crippen molar-refractivity contribution in [1.29, 1.82) is 0 Å². The maximum atomic E-state index is 13.0. The molecular weight excluding hydrogens is 196 g/mol. The molecule has 0 saturated carbocycles. The van der Waals surface area contributed by atoms with Crippen LogP contribution in [0.3, 0.4) is 0 Å². The van der Waals surface area contributed by atoms with Crippen molar-refractivity contribution < 1.29 is 17.6 Å². The van der Waals surface area contributed by atoms with Crippen LogP contribution in [0.25, 0.3) is 0 Å². The summed E-state index contributed by atoms with van der Waals surface area (Å²) in [7, 11) is 0. The molecule has 0 saturated heterocycles. The maximum absolute atomic E-state index is 13.0. The first-order chi connectivity index (χ1) is 6.57. The molecule has 0 N–H and O–H groups in total. The fourth-order valence-corrected chi connectivity index (χ4v) is 1.12. The second kappa shape index (κ2) is 4.44. The quantitative estimate of drug-likeness (QED) is 0.403. The van der Waals surface area contributed by atoms with Gasteiger partial charge < -0.3 is 0 Å². The van der Waals surface area contributed by atoms with E-state index >= 15 is 0 Å². The van der Waals surface area contributed by atoms with Crippen molar-refractivity contribution >= 4 is 0 Å². The van der Waals surface area contributed by atoms with E-state index in [1.807, 2.05) is 6.92 Å². The molecule has 1 rings (SSSR count). The van der Waals surface area contributed by atoms with Crippen LogP contribution in [0.4, 0.5) is 17.6 Å². The predicted molar refractivity (Wildman–Crippen MR) is 43.7 cm³/mol. The summed E-state index contributed by atoms with van der Waals surface area (Å²) in [6.07, 6.45) is 1.30. The summed E-state index contributed by atoms with van der Waals surface area (Å²) in [5, 5.41) is 0. The van der Waals surface area contributed by atoms with Gasteiger partial charge in [0.15, 0.2) is 17.5 Å². The van der Waals surface area contributed by atoms with E-state index in [1.165, 1.54) is 6.07 Å². The highest BCUT2D eigenvalue weighted by molar-refractivity contribution is 5.21. The van der Waals surface area contributed by atoms with Gasteiger partial charge in [0.05, 0.1) is 6.07 Å². The van der Waals surface area contributed by atoms with Crippen LogP contribution < -0.4 is 0 Å². The summed E-state index contributed by atoms with van der Waals surface area (Å²) in [5.41, 5.74) is -0.425. The zero-order valence-electron chi connectivity index (χ0n) is 7.63. The fraction of sp³-hybridized carbons (Fsp3) is 0.400. The van der Waals surface area contributed by atoms with Crippen LogP contribution in [-0.2, 0) is 6.42 Å². The Kier molecular flexibility index (Phi) is 3.49. The summed E-state index contributed by atoms with van der Waals surface area (Å²) < 4.78 is 51.0.